The second kappa shape index (κ2) is 5.90. The highest BCUT2D eigenvalue weighted by Crippen LogP contribution is 2.24. The minimum Gasteiger partial charge on any atom is -0.312 e. The van der Waals surface area contributed by atoms with Crippen LogP contribution in [0.5, 0.6) is 0 Å². The van der Waals surface area contributed by atoms with Crippen molar-refractivity contribution < 1.29 is 4.79 Å². The molecule has 0 unspecified atom stereocenters. The molecule has 0 heterocycles. The minimum absolute atomic E-state index is 0.151. The van der Waals surface area contributed by atoms with Crippen molar-refractivity contribution in [1.82, 2.24) is 5.32 Å². The number of thioether (sulfide) groups is 1. The molecule has 0 spiro atoms. The average molecular weight is 231 g/mol. The number of carbonyl (C=O) groups excluding carboxylic acids is 1. The maximum Gasteiger partial charge on any atom is 0.148 e. The number of hydrogen-bond donors (Lipinski definition) is 1. The summed E-state index contributed by atoms with van der Waals surface area (Å²) in [5, 5.41) is 3.39. The van der Waals surface area contributed by atoms with Gasteiger partial charge in [-0.2, -0.15) is 11.8 Å². The van der Waals surface area contributed by atoms with E-state index in [-0.39, 0.29) is 10.3 Å². The molecule has 0 saturated heterocycles. The fourth-order valence-electron chi connectivity index (χ4n) is 1.13. The number of Topliss-reactive ketones (excluding diaryl/α,β-unsaturated/α-hetero) is 1. The van der Waals surface area contributed by atoms with Crippen LogP contribution in [-0.4, -0.2) is 28.9 Å². The van der Waals surface area contributed by atoms with Gasteiger partial charge in [0.25, 0.3) is 0 Å². The fourth-order valence-corrected chi connectivity index (χ4v) is 1.46. The Balaban J connectivity index is 3.74. The van der Waals surface area contributed by atoms with Crippen molar-refractivity contribution in [2.75, 3.05) is 12.8 Å². The highest BCUT2D eigenvalue weighted by Gasteiger charge is 2.25. The summed E-state index contributed by atoms with van der Waals surface area (Å²) in [4.78, 5) is 11.8. The largest absolute Gasteiger partial charge is 0.312 e. The molecule has 0 aromatic heterocycles. The van der Waals surface area contributed by atoms with Gasteiger partial charge >= 0.3 is 0 Å². The lowest BCUT2D eigenvalue weighted by atomic mass is 10.0. The van der Waals surface area contributed by atoms with Crippen molar-refractivity contribution in [2.45, 2.75) is 57.7 Å². The molecule has 0 fully saturated rings. The van der Waals surface area contributed by atoms with E-state index in [0.717, 1.165) is 13.0 Å². The SMILES string of the molecule is CSC(C)(C)C(=O)CCCNC(C)(C)C. The van der Waals surface area contributed by atoms with Crippen molar-refractivity contribution in [2.24, 2.45) is 0 Å². The minimum atomic E-state index is -0.221. The molecule has 15 heavy (non-hydrogen) atoms. The molecule has 0 amide bonds. The van der Waals surface area contributed by atoms with Crippen LogP contribution in [0.2, 0.25) is 0 Å². The highest BCUT2D eigenvalue weighted by molar-refractivity contribution is 8.00. The van der Waals surface area contributed by atoms with E-state index in [1.54, 1.807) is 11.8 Å². The third-order valence-corrected chi connectivity index (χ3v) is 3.67. The van der Waals surface area contributed by atoms with E-state index in [9.17, 15) is 4.79 Å². The van der Waals surface area contributed by atoms with E-state index >= 15 is 0 Å². The highest BCUT2D eigenvalue weighted by atomic mass is 32.2. The van der Waals surface area contributed by atoms with Crippen LogP contribution in [0, 0.1) is 0 Å². The van der Waals surface area contributed by atoms with Gasteiger partial charge in [0.15, 0.2) is 0 Å². The fraction of sp³-hybridized carbons (Fsp3) is 0.917. The van der Waals surface area contributed by atoms with Crippen molar-refractivity contribution in [1.29, 1.82) is 0 Å². The van der Waals surface area contributed by atoms with Gasteiger partial charge in [0.1, 0.15) is 5.78 Å². The second-order valence-corrected chi connectivity index (χ2v) is 6.85. The molecule has 0 atom stereocenters. The summed E-state index contributed by atoms with van der Waals surface area (Å²) in [5.74, 6) is 0.353. The van der Waals surface area contributed by atoms with Gasteiger partial charge in [-0.1, -0.05) is 0 Å². The van der Waals surface area contributed by atoms with Crippen LogP contribution < -0.4 is 5.32 Å². The van der Waals surface area contributed by atoms with Gasteiger partial charge < -0.3 is 5.32 Å². The molecule has 1 N–H and O–H groups in total. The second-order valence-electron chi connectivity index (χ2n) is 5.42. The van der Waals surface area contributed by atoms with Crippen molar-refractivity contribution in [3.05, 3.63) is 0 Å². The van der Waals surface area contributed by atoms with Gasteiger partial charge in [-0.3, -0.25) is 4.79 Å². The molecule has 0 radical (unpaired) electrons. The molecular formula is C12H25NOS. The zero-order valence-electron chi connectivity index (χ0n) is 10.9. The molecule has 0 saturated carbocycles. The summed E-state index contributed by atoms with van der Waals surface area (Å²) in [5.41, 5.74) is 0.151. The van der Waals surface area contributed by atoms with Crippen LogP contribution in [0.1, 0.15) is 47.5 Å². The van der Waals surface area contributed by atoms with Gasteiger partial charge in [0.05, 0.1) is 4.75 Å². The van der Waals surface area contributed by atoms with Crippen molar-refractivity contribution in [3.63, 3.8) is 0 Å². The van der Waals surface area contributed by atoms with E-state index in [1.807, 2.05) is 20.1 Å². The Kier molecular flexibility index (Phi) is 5.89. The number of ketones is 1. The Morgan fingerprint density at radius 3 is 2.13 bits per heavy atom. The van der Waals surface area contributed by atoms with Crippen molar-refractivity contribution in [3.8, 4) is 0 Å². The lowest BCUT2D eigenvalue weighted by molar-refractivity contribution is -0.120. The predicted molar refractivity (Wildman–Crippen MR) is 69.6 cm³/mol. The van der Waals surface area contributed by atoms with Crippen LogP contribution in [-0.2, 0) is 4.79 Å². The van der Waals surface area contributed by atoms with E-state index in [0.29, 0.717) is 12.2 Å². The van der Waals surface area contributed by atoms with E-state index in [1.165, 1.54) is 0 Å². The number of nitrogens with one attached hydrogen (secondary N) is 1. The summed E-state index contributed by atoms with van der Waals surface area (Å²) >= 11 is 1.63. The number of rotatable bonds is 6. The van der Waals surface area contributed by atoms with E-state index < -0.39 is 0 Å². The Morgan fingerprint density at radius 2 is 1.73 bits per heavy atom. The zero-order chi connectivity index (χ0) is 12.1. The topological polar surface area (TPSA) is 29.1 Å². The molecule has 0 bridgehead atoms. The van der Waals surface area contributed by atoms with Gasteiger partial charge in [-0.25, -0.2) is 0 Å². The summed E-state index contributed by atoms with van der Waals surface area (Å²) in [7, 11) is 0. The third-order valence-electron chi connectivity index (χ3n) is 2.42. The van der Waals surface area contributed by atoms with E-state index in [2.05, 4.69) is 26.1 Å². The number of carbonyl (C=O) groups is 1. The van der Waals surface area contributed by atoms with Crippen LogP contribution in [0.15, 0.2) is 0 Å². The normalized spacial score (nSPS) is 12.9. The average Bonchev–Trinajstić information content (AvgIpc) is 2.10. The molecule has 0 aromatic carbocycles. The third kappa shape index (κ3) is 6.96. The summed E-state index contributed by atoms with van der Waals surface area (Å²) in [6, 6.07) is 0. The van der Waals surface area contributed by atoms with Crippen LogP contribution >= 0.6 is 11.8 Å². The quantitative estimate of drug-likeness (QED) is 0.713. The lowest BCUT2D eigenvalue weighted by Gasteiger charge is -2.22. The monoisotopic (exact) mass is 231 g/mol. The molecule has 0 aliphatic carbocycles. The molecule has 0 aliphatic rings. The predicted octanol–water partition coefficient (Wildman–Crippen LogP) is 2.87. The standard InChI is InChI=1S/C12H25NOS/c1-11(2,3)13-9-7-8-10(14)12(4,5)15-6/h13H,7-9H2,1-6H3. The van der Waals surface area contributed by atoms with Crippen LogP contribution in [0.4, 0.5) is 0 Å². The molecule has 0 rings (SSSR count). The Morgan fingerprint density at radius 1 is 1.20 bits per heavy atom. The summed E-state index contributed by atoms with van der Waals surface area (Å²) in [6.07, 6.45) is 3.60. The first-order valence-corrected chi connectivity index (χ1v) is 6.75. The maximum atomic E-state index is 11.8. The van der Waals surface area contributed by atoms with Crippen molar-refractivity contribution >= 4 is 17.5 Å². The van der Waals surface area contributed by atoms with Gasteiger partial charge in [-0.15, -0.1) is 0 Å². The zero-order valence-corrected chi connectivity index (χ0v) is 11.8. The molecule has 3 heteroatoms. The van der Waals surface area contributed by atoms with Gasteiger partial charge in [0, 0.05) is 12.0 Å². The Hall–Kier alpha value is -0.0200. The van der Waals surface area contributed by atoms with Crippen LogP contribution in [0.25, 0.3) is 0 Å². The molecule has 0 aliphatic heterocycles. The van der Waals surface area contributed by atoms with E-state index in [4.69, 9.17) is 0 Å². The van der Waals surface area contributed by atoms with Gasteiger partial charge in [-0.05, 0) is 53.8 Å². The Labute approximate surface area is 98.6 Å². The first-order chi connectivity index (χ1) is 6.69. The maximum absolute atomic E-state index is 11.8. The van der Waals surface area contributed by atoms with Gasteiger partial charge in [0.2, 0.25) is 0 Å². The first-order valence-electron chi connectivity index (χ1n) is 5.52. The molecular weight excluding hydrogens is 206 g/mol. The molecule has 2 nitrogen and oxygen atoms in total. The number of hydrogen-bond acceptors (Lipinski definition) is 3. The Bertz CT molecular complexity index is 206. The smallest absolute Gasteiger partial charge is 0.148 e. The van der Waals surface area contributed by atoms with Crippen LogP contribution in [0.3, 0.4) is 0 Å². The molecule has 0 aromatic rings. The summed E-state index contributed by atoms with van der Waals surface area (Å²) < 4.78 is -0.221. The first kappa shape index (κ1) is 15.0. The molecule has 90 valence electrons. The lowest BCUT2D eigenvalue weighted by Crippen LogP contribution is -2.37. The summed E-state index contributed by atoms with van der Waals surface area (Å²) in [6.45, 7) is 11.3.